The van der Waals surface area contributed by atoms with Crippen LogP contribution in [0.15, 0.2) is 76.7 Å². The monoisotopic (exact) mass is 468 g/mol. The van der Waals surface area contributed by atoms with Crippen molar-refractivity contribution >= 4 is 22.2 Å². The first kappa shape index (κ1) is 23.8. The number of carbonyl (C=O) groups is 1. The molecule has 0 spiro atoms. The van der Waals surface area contributed by atoms with Gasteiger partial charge in [-0.25, -0.2) is 5.43 Å². The number of aryl methyl sites for hydroxylation is 1. The van der Waals surface area contributed by atoms with Crippen LogP contribution >= 0.6 is 0 Å². The molecule has 3 rings (SSSR count). The third-order valence-electron chi connectivity index (χ3n) is 4.62. The Labute approximate surface area is 192 Å². The summed E-state index contributed by atoms with van der Waals surface area (Å²) in [6.07, 6.45) is 1.39. The molecular weight excluding hydrogens is 444 g/mol. The Balaban J connectivity index is 1.75. The number of ether oxygens (including phenoxy) is 2. The molecule has 0 aromatic heterocycles. The molecule has 0 bridgehead atoms. The first-order chi connectivity index (χ1) is 15.8. The van der Waals surface area contributed by atoms with Gasteiger partial charge >= 0.3 is 10.1 Å². The topological polar surface area (TPSA) is 103 Å². The van der Waals surface area contributed by atoms with Crippen LogP contribution in [0.5, 0.6) is 17.2 Å². The van der Waals surface area contributed by atoms with Crippen LogP contribution in [0.4, 0.5) is 0 Å². The summed E-state index contributed by atoms with van der Waals surface area (Å²) >= 11 is 0. The summed E-state index contributed by atoms with van der Waals surface area (Å²) in [6.45, 7) is 1.86. The normalized spacial score (nSPS) is 11.2. The smallest absolute Gasteiger partial charge is 0.339 e. The van der Waals surface area contributed by atoms with Crippen LogP contribution < -0.4 is 19.1 Å². The summed E-state index contributed by atoms with van der Waals surface area (Å²) in [7, 11) is -1.03. The Morgan fingerprint density at radius 1 is 0.970 bits per heavy atom. The van der Waals surface area contributed by atoms with Crippen molar-refractivity contribution in [3.63, 3.8) is 0 Å². The number of rotatable bonds is 9. The van der Waals surface area contributed by atoms with Crippen LogP contribution in [0.25, 0.3) is 0 Å². The SMILES string of the molecule is COc1cccc(CC(=O)NN=Cc2cc(OC)ccc2OS(=O)(=O)c2ccc(C)cc2)c1. The molecule has 0 aliphatic heterocycles. The maximum atomic E-state index is 12.7. The van der Waals surface area contributed by atoms with E-state index in [1.165, 1.54) is 31.5 Å². The second kappa shape index (κ2) is 10.6. The molecule has 9 heteroatoms. The van der Waals surface area contributed by atoms with Crippen LogP contribution in [-0.4, -0.2) is 34.8 Å². The molecule has 0 atom stereocenters. The van der Waals surface area contributed by atoms with Crippen LogP contribution in [-0.2, 0) is 21.3 Å². The third kappa shape index (κ3) is 6.56. The second-order valence-corrected chi connectivity index (χ2v) is 8.62. The molecule has 0 heterocycles. The van der Waals surface area contributed by atoms with Crippen molar-refractivity contribution in [1.82, 2.24) is 5.43 Å². The highest BCUT2D eigenvalue weighted by Gasteiger charge is 2.18. The highest BCUT2D eigenvalue weighted by atomic mass is 32.2. The number of amides is 1. The molecule has 1 N–H and O–H groups in total. The van der Waals surface area contributed by atoms with Crippen LogP contribution in [0.1, 0.15) is 16.7 Å². The van der Waals surface area contributed by atoms with Crippen molar-refractivity contribution in [2.45, 2.75) is 18.2 Å². The first-order valence-electron chi connectivity index (χ1n) is 9.95. The molecule has 0 unspecified atom stereocenters. The van der Waals surface area contributed by atoms with Gasteiger partial charge in [0.05, 0.1) is 26.9 Å². The highest BCUT2D eigenvalue weighted by Crippen LogP contribution is 2.26. The van der Waals surface area contributed by atoms with Crippen molar-refractivity contribution in [2.75, 3.05) is 14.2 Å². The van der Waals surface area contributed by atoms with Crippen molar-refractivity contribution in [1.29, 1.82) is 0 Å². The van der Waals surface area contributed by atoms with E-state index in [0.29, 0.717) is 17.1 Å². The number of nitrogens with zero attached hydrogens (tertiary/aromatic N) is 1. The third-order valence-corrected chi connectivity index (χ3v) is 5.87. The Bertz CT molecular complexity index is 1250. The minimum Gasteiger partial charge on any atom is -0.497 e. The Hall–Kier alpha value is -3.85. The van der Waals surface area contributed by atoms with Gasteiger partial charge in [-0.1, -0.05) is 29.8 Å². The van der Waals surface area contributed by atoms with E-state index in [9.17, 15) is 13.2 Å². The first-order valence-corrected chi connectivity index (χ1v) is 11.4. The molecule has 33 heavy (non-hydrogen) atoms. The Morgan fingerprint density at radius 3 is 2.36 bits per heavy atom. The lowest BCUT2D eigenvalue weighted by atomic mass is 10.1. The van der Waals surface area contributed by atoms with Gasteiger partial charge in [0.25, 0.3) is 0 Å². The standard InChI is InChI=1S/C24H24N2O6S/c1-17-7-10-22(11-8-17)33(28,29)32-23-12-9-21(31-3)15-19(23)16-25-26-24(27)14-18-5-4-6-20(13-18)30-2/h4-13,15-16H,14H2,1-3H3,(H,26,27). The number of methoxy groups -OCH3 is 2. The Morgan fingerprint density at radius 2 is 1.67 bits per heavy atom. The van der Waals surface area contributed by atoms with E-state index in [2.05, 4.69) is 10.5 Å². The predicted molar refractivity (Wildman–Crippen MR) is 124 cm³/mol. The number of benzene rings is 3. The summed E-state index contributed by atoms with van der Waals surface area (Å²) < 4.78 is 41.0. The van der Waals surface area contributed by atoms with E-state index < -0.39 is 10.1 Å². The van der Waals surface area contributed by atoms with Gasteiger partial charge in [-0.05, 0) is 55.0 Å². The minimum absolute atomic E-state index is 0.0263. The van der Waals surface area contributed by atoms with E-state index >= 15 is 0 Å². The molecule has 0 aliphatic rings. The summed E-state index contributed by atoms with van der Waals surface area (Å²) in [6, 6.07) is 18.0. The van der Waals surface area contributed by atoms with Crippen molar-refractivity contribution < 1.29 is 26.9 Å². The molecule has 0 aliphatic carbocycles. The van der Waals surface area contributed by atoms with Gasteiger partial charge in [-0.3, -0.25) is 4.79 Å². The zero-order valence-electron chi connectivity index (χ0n) is 18.4. The van der Waals surface area contributed by atoms with Gasteiger partial charge in [-0.2, -0.15) is 13.5 Å². The second-order valence-electron chi connectivity index (χ2n) is 7.08. The van der Waals surface area contributed by atoms with E-state index in [4.69, 9.17) is 13.7 Å². The minimum atomic E-state index is -4.06. The lowest BCUT2D eigenvalue weighted by molar-refractivity contribution is -0.120. The quantitative estimate of drug-likeness (QED) is 0.293. The van der Waals surface area contributed by atoms with Gasteiger partial charge in [-0.15, -0.1) is 0 Å². The van der Waals surface area contributed by atoms with Crippen LogP contribution in [0.2, 0.25) is 0 Å². The van der Waals surface area contributed by atoms with Gasteiger partial charge in [0.15, 0.2) is 5.75 Å². The lowest BCUT2D eigenvalue weighted by Crippen LogP contribution is -2.20. The molecule has 0 saturated heterocycles. The van der Waals surface area contributed by atoms with E-state index in [-0.39, 0.29) is 23.0 Å². The highest BCUT2D eigenvalue weighted by molar-refractivity contribution is 7.87. The number of hydrogen-bond acceptors (Lipinski definition) is 7. The molecule has 0 saturated carbocycles. The van der Waals surface area contributed by atoms with Crippen molar-refractivity contribution in [3.05, 3.63) is 83.4 Å². The maximum Gasteiger partial charge on any atom is 0.339 e. The summed E-state index contributed by atoms with van der Waals surface area (Å²) in [5, 5.41) is 3.94. The van der Waals surface area contributed by atoms with Gasteiger partial charge in [0.1, 0.15) is 16.4 Å². The average Bonchev–Trinajstić information content (AvgIpc) is 2.80. The molecule has 172 valence electrons. The van der Waals surface area contributed by atoms with Gasteiger partial charge in [0.2, 0.25) is 5.91 Å². The van der Waals surface area contributed by atoms with Gasteiger partial charge < -0.3 is 13.7 Å². The number of hydrogen-bond donors (Lipinski definition) is 1. The molecule has 8 nitrogen and oxygen atoms in total. The fourth-order valence-electron chi connectivity index (χ4n) is 2.88. The van der Waals surface area contributed by atoms with Gasteiger partial charge in [0, 0.05) is 5.56 Å². The predicted octanol–water partition coefficient (Wildman–Crippen LogP) is 3.47. The van der Waals surface area contributed by atoms with Crippen molar-refractivity contribution in [3.8, 4) is 17.2 Å². The fourth-order valence-corrected chi connectivity index (χ4v) is 3.84. The molecule has 0 fully saturated rings. The van der Waals surface area contributed by atoms with E-state index in [1.54, 1.807) is 55.6 Å². The molecule has 3 aromatic carbocycles. The molecule has 1 amide bonds. The molecule has 3 aromatic rings. The summed E-state index contributed by atoms with van der Waals surface area (Å²) in [5.41, 5.74) is 4.43. The molecular formula is C24H24N2O6S. The van der Waals surface area contributed by atoms with Crippen LogP contribution in [0, 0.1) is 6.92 Å². The van der Waals surface area contributed by atoms with E-state index in [0.717, 1.165) is 11.1 Å². The van der Waals surface area contributed by atoms with Crippen LogP contribution in [0.3, 0.4) is 0 Å². The number of carbonyl (C=O) groups excluding carboxylic acids is 1. The summed E-state index contributed by atoms with van der Waals surface area (Å²) in [5.74, 6) is 0.815. The largest absolute Gasteiger partial charge is 0.497 e. The number of nitrogens with one attached hydrogen (secondary N) is 1. The average molecular weight is 469 g/mol. The summed E-state index contributed by atoms with van der Waals surface area (Å²) in [4.78, 5) is 12.3. The van der Waals surface area contributed by atoms with E-state index in [1.807, 2.05) is 6.92 Å². The zero-order valence-corrected chi connectivity index (χ0v) is 19.3. The Kier molecular flexibility index (Phi) is 7.68. The fraction of sp³-hybridized carbons (Fsp3) is 0.167. The maximum absolute atomic E-state index is 12.7. The van der Waals surface area contributed by atoms with Crippen molar-refractivity contribution in [2.24, 2.45) is 5.10 Å². The molecule has 0 radical (unpaired) electrons. The zero-order chi connectivity index (χ0) is 23.8. The lowest BCUT2D eigenvalue weighted by Gasteiger charge is -2.11. The number of hydrazone groups is 1.